The van der Waals surface area contributed by atoms with Crippen LogP contribution in [0.1, 0.15) is 26.2 Å². The average Bonchev–Trinajstić information content (AvgIpc) is 2.12. The molecular formula is C11H22O2Si. The molecule has 0 spiro atoms. The van der Waals surface area contributed by atoms with Crippen LogP contribution in [0, 0.1) is 0 Å². The smallest absolute Gasteiger partial charge is 0.186 e. The van der Waals surface area contributed by atoms with Gasteiger partial charge in [0, 0.05) is 13.5 Å². The molecule has 0 aliphatic rings. The van der Waals surface area contributed by atoms with Gasteiger partial charge in [-0.2, -0.15) is 0 Å². The van der Waals surface area contributed by atoms with Crippen molar-refractivity contribution in [1.82, 2.24) is 0 Å². The minimum Gasteiger partial charge on any atom is -0.420 e. The lowest BCUT2D eigenvalue weighted by Gasteiger charge is -2.19. The summed E-state index contributed by atoms with van der Waals surface area (Å²) in [5.41, 5.74) is 0.674. The van der Waals surface area contributed by atoms with Crippen LogP contribution in [0.15, 0.2) is 12.2 Å². The number of Topliss-reactive ketones (excluding diaryl/α,β-unsaturated/α-hetero) is 1. The SMILES string of the molecule is C=C(C)C(=O)CCCC[Si](C)(C)OC. The van der Waals surface area contributed by atoms with Crippen LogP contribution in [0.3, 0.4) is 0 Å². The Hall–Kier alpha value is -0.413. The molecule has 0 aliphatic carbocycles. The molecule has 0 saturated carbocycles. The number of hydrogen-bond donors (Lipinski definition) is 0. The molecule has 0 radical (unpaired) electrons. The predicted octanol–water partition coefficient (Wildman–Crippen LogP) is 3.15. The Kier molecular flexibility index (Phi) is 5.96. The summed E-state index contributed by atoms with van der Waals surface area (Å²) in [6, 6.07) is 1.13. The van der Waals surface area contributed by atoms with E-state index in [4.69, 9.17) is 4.43 Å². The van der Waals surface area contributed by atoms with Gasteiger partial charge in [-0.25, -0.2) is 0 Å². The summed E-state index contributed by atoms with van der Waals surface area (Å²) < 4.78 is 5.43. The highest BCUT2D eigenvalue weighted by Gasteiger charge is 2.19. The summed E-state index contributed by atoms with van der Waals surface area (Å²) in [6.45, 7) is 9.81. The second kappa shape index (κ2) is 6.14. The van der Waals surface area contributed by atoms with Crippen molar-refractivity contribution in [3.8, 4) is 0 Å². The van der Waals surface area contributed by atoms with E-state index in [1.807, 2.05) is 0 Å². The van der Waals surface area contributed by atoms with Gasteiger partial charge in [-0.3, -0.25) is 4.79 Å². The monoisotopic (exact) mass is 214 g/mol. The molecule has 0 amide bonds. The van der Waals surface area contributed by atoms with E-state index >= 15 is 0 Å². The first kappa shape index (κ1) is 13.6. The zero-order valence-electron chi connectivity index (χ0n) is 9.85. The first-order valence-corrected chi connectivity index (χ1v) is 8.24. The van der Waals surface area contributed by atoms with E-state index in [0.29, 0.717) is 12.0 Å². The molecule has 0 aromatic carbocycles. The van der Waals surface area contributed by atoms with Gasteiger partial charge < -0.3 is 4.43 Å². The third-order valence-electron chi connectivity index (χ3n) is 2.46. The summed E-state index contributed by atoms with van der Waals surface area (Å²) in [5.74, 6) is 0.196. The van der Waals surface area contributed by atoms with E-state index in [-0.39, 0.29) is 5.78 Å². The minimum absolute atomic E-state index is 0.196. The lowest BCUT2D eigenvalue weighted by Crippen LogP contribution is -2.27. The van der Waals surface area contributed by atoms with Gasteiger partial charge >= 0.3 is 0 Å². The van der Waals surface area contributed by atoms with Crippen LogP contribution in [-0.4, -0.2) is 21.2 Å². The number of hydrogen-bond acceptors (Lipinski definition) is 2. The first-order valence-electron chi connectivity index (χ1n) is 5.13. The maximum absolute atomic E-state index is 11.2. The number of ketones is 1. The molecule has 0 atom stereocenters. The van der Waals surface area contributed by atoms with Crippen LogP contribution in [0.25, 0.3) is 0 Å². The number of unbranched alkanes of at least 4 members (excludes halogenated alkanes) is 1. The highest BCUT2D eigenvalue weighted by Crippen LogP contribution is 2.15. The number of carbonyl (C=O) groups excluding carboxylic acids is 1. The molecule has 0 saturated heterocycles. The lowest BCUT2D eigenvalue weighted by molar-refractivity contribution is -0.115. The molecular weight excluding hydrogens is 192 g/mol. The van der Waals surface area contributed by atoms with Gasteiger partial charge in [0.1, 0.15) is 0 Å². The van der Waals surface area contributed by atoms with Crippen LogP contribution >= 0.6 is 0 Å². The average molecular weight is 214 g/mol. The summed E-state index contributed by atoms with van der Waals surface area (Å²) in [5, 5.41) is 0. The van der Waals surface area contributed by atoms with Gasteiger partial charge in [0.05, 0.1) is 0 Å². The Balaban J connectivity index is 3.57. The Morgan fingerprint density at radius 2 is 1.93 bits per heavy atom. The van der Waals surface area contributed by atoms with Crippen molar-refractivity contribution in [2.24, 2.45) is 0 Å². The molecule has 14 heavy (non-hydrogen) atoms. The fraction of sp³-hybridized carbons (Fsp3) is 0.727. The zero-order valence-corrected chi connectivity index (χ0v) is 10.9. The summed E-state index contributed by atoms with van der Waals surface area (Å²) in [7, 11) is 0.373. The van der Waals surface area contributed by atoms with Crippen molar-refractivity contribution in [3.63, 3.8) is 0 Å². The second-order valence-corrected chi connectivity index (χ2v) is 8.80. The van der Waals surface area contributed by atoms with Crippen LogP contribution in [-0.2, 0) is 9.22 Å². The van der Waals surface area contributed by atoms with Gasteiger partial charge in [-0.05, 0) is 38.1 Å². The Labute approximate surface area is 88.5 Å². The quantitative estimate of drug-likeness (QED) is 0.370. The van der Waals surface area contributed by atoms with Crippen molar-refractivity contribution in [2.75, 3.05) is 7.11 Å². The standard InChI is InChI=1S/C11H22O2Si/c1-10(2)11(12)8-6-7-9-14(4,5)13-3/h1,6-9H2,2-5H3. The molecule has 0 rings (SSSR count). The van der Waals surface area contributed by atoms with E-state index in [1.165, 1.54) is 0 Å². The van der Waals surface area contributed by atoms with Gasteiger partial charge in [0.2, 0.25) is 0 Å². The van der Waals surface area contributed by atoms with Crippen LogP contribution < -0.4 is 0 Å². The van der Waals surface area contributed by atoms with E-state index in [2.05, 4.69) is 19.7 Å². The maximum atomic E-state index is 11.2. The predicted molar refractivity (Wildman–Crippen MR) is 63.0 cm³/mol. The van der Waals surface area contributed by atoms with Gasteiger partial charge in [-0.1, -0.05) is 13.0 Å². The minimum atomic E-state index is -1.41. The maximum Gasteiger partial charge on any atom is 0.186 e. The van der Waals surface area contributed by atoms with Crippen molar-refractivity contribution in [3.05, 3.63) is 12.2 Å². The van der Waals surface area contributed by atoms with E-state index in [9.17, 15) is 4.79 Å². The Morgan fingerprint density at radius 1 is 1.36 bits per heavy atom. The number of allylic oxidation sites excluding steroid dienone is 1. The molecule has 0 aromatic heterocycles. The summed E-state index contributed by atoms with van der Waals surface area (Å²) in [4.78, 5) is 11.2. The molecule has 0 N–H and O–H groups in total. The van der Waals surface area contributed by atoms with Crippen molar-refractivity contribution in [1.29, 1.82) is 0 Å². The first-order chi connectivity index (χ1) is 6.39. The number of rotatable bonds is 7. The van der Waals surface area contributed by atoms with Crippen LogP contribution in [0.2, 0.25) is 19.1 Å². The van der Waals surface area contributed by atoms with E-state index < -0.39 is 8.32 Å². The fourth-order valence-corrected chi connectivity index (χ4v) is 2.46. The molecule has 0 unspecified atom stereocenters. The van der Waals surface area contributed by atoms with E-state index in [0.717, 1.165) is 18.9 Å². The van der Waals surface area contributed by atoms with Crippen molar-refractivity contribution < 1.29 is 9.22 Å². The molecule has 3 heteroatoms. The van der Waals surface area contributed by atoms with Crippen LogP contribution in [0.5, 0.6) is 0 Å². The highest BCUT2D eigenvalue weighted by atomic mass is 28.4. The molecule has 0 heterocycles. The Morgan fingerprint density at radius 3 is 2.36 bits per heavy atom. The topological polar surface area (TPSA) is 26.3 Å². The van der Waals surface area contributed by atoms with Crippen molar-refractivity contribution in [2.45, 2.75) is 45.3 Å². The fourth-order valence-electron chi connectivity index (χ4n) is 1.15. The third-order valence-corrected chi connectivity index (χ3v) is 5.12. The molecule has 0 bridgehead atoms. The summed E-state index contributed by atoms with van der Waals surface area (Å²) in [6.07, 6.45) is 2.70. The van der Waals surface area contributed by atoms with Crippen LogP contribution in [0.4, 0.5) is 0 Å². The largest absolute Gasteiger partial charge is 0.420 e. The zero-order chi connectivity index (χ0) is 11.2. The molecule has 82 valence electrons. The third kappa shape index (κ3) is 6.10. The van der Waals surface area contributed by atoms with Crippen molar-refractivity contribution >= 4 is 14.1 Å². The van der Waals surface area contributed by atoms with E-state index in [1.54, 1.807) is 14.0 Å². The highest BCUT2D eigenvalue weighted by molar-refractivity contribution is 6.71. The molecule has 0 aromatic rings. The molecule has 0 aliphatic heterocycles. The Bertz CT molecular complexity index is 209. The van der Waals surface area contributed by atoms with Gasteiger partial charge in [-0.15, -0.1) is 0 Å². The molecule has 2 nitrogen and oxygen atoms in total. The lowest BCUT2D eigenvalue weighted by atomic mass is 10.1. The van der Waals surface area contributed by atoms with Gasteiger partial charge in [0.15, 0.2) is 14.1 Å². The normalized spacial score (nSPS) is 11.4. The molecule has 0 fully saturated rings. The number of carbonyl (C=O) groups is 1. The van der Waals surface area contributed by atoms with Gasteiger partial charge in [0.25, 0.3) is 0 Å². The summed E-state index contributed by atoms with van der Waals surface area (Å²) >= 11 is 0. The second-order valence-electron chi connectivity index (χ2n) is 4.37.